The van der Waals surface area contributed by atoms with Gasteiger partial charge in [-0.25, -0.2) is 9.97 Å². The molecule has 4 nitrogen and oxygen atoms in total. The van der Waals surface area contributed by atoms with Crippen LogP contribution in [0.25, 0.3) is 16.9 Å². The third kappa shape index (κ3) is 2.34. The zero-order chi connectivity index (χ0) is 14.4. The monoisotopic (exact) mass is 318 g/mol. The predicted molar refractivity (Wildman–Crippen MR) is 85.1 cm³/mol. The van der Waals surface area contributed by atoms with Crippen molar-refractivity contribution in [3.63, 3.8) is 0 Å². The molecule has 1 N–H and O–H groups in total. The summed E-state index contributed by atoms with van der Waals surface area (Å²) in [5, 5.41) is 4.49. The van der Waals surface area contributed by atoms with Crippen molar-refractivity contribution in [2.75, 3.05) is 5.32 Å². The summed E-state index contributed by atoms with van der Waals surface area (Å²) in [6, 6.07) is 6.12. The number of nitrogens with one attached hydrogen (secondary N) is 1. The van der Waals surface area contributed by atoms with Gasteiger partial charge in [-0.1, -0.05) is 29.3 Å². The van der Waals surface area contributed by atoms with Gasteiger partial charge in [0.05, 0.1) is 21.9 Å². The highest BCUT2D eigenvalue weighted by Gasteiger charge is 2.23. The Morgan fingerprint density at radius 1 is 1.14 bits per heavy atom. The van der Waals surface area contributed by atoms with Crippen LogP contribution in [0.1, 0.15) is 12.8 Å². The quantitative estimate of drug-likeness (QED) is 0.783. The van der Waals surface area contributed by atoms with Crippen molar-refractivity contribution in [1.82, 2.24) is 14.4 Å². The van der Waals surface area contributed by atoms with Gasteiger partial charge in [0.25, 0.3) is 0 Å². The first-order chi connectivity index (χ1) is 10.2. The number of fused-ring (bicyclic) bond motifs is 1. The predicted octanol–water partition coefficient (Wildman–Crippen LogP) is 4.28. The van der Waals surface area contributed by atoms with Crippen molar-refractivity contribution >= 4 is 34.7 Å². The number of hydrogen-bond acceptors (Lipinski definition) is 3. The van der Waals surface area contributed by atoms with E-state index >= 15 is 0 Å². The highest BCUT2D eigenvalue weighted by molar-refractivity contribution is 6.42. The molecule has 106 valence electrons. The van der Waals surface area contributed by atoms with E-state index in [1.54, 1.807) is 12.3 Å². The summed E-state index contributed by atoms with van der Waals surface area (Å²) in [7, 11) is 0. The van der Waals surface area contributed by atoms with Gasteiger partial charge in [0.1, 0.15) is 0 Å². The molecule has 0 unspecified atom stereocenters. The van der Waals surface area contributed by atoms with E-state index in [4.69, 9.17) is 23.2 Å². The maximum Gasteiger partial charge on any atom is 0.180 e. The van der Waals surface area contributed by atoms with Crippen LogP contribution in [0.4, 0.5) is 5.82 Å². The van der Waals surface area contributed by atoms with Crippen LogP contribution < -0.4 is 5.32 Å². The molecule has 0 atom stereocenters. The van der Waals surface area contributed by atoms with E-state index in [-0.39, 0.29) is 0 Å². The van der Waals surface area contributed by atoms with Gasteiger partial charge in [-0.3, -0.25) is 4.40 Å². The van der Waals surface area contributed by atoms with E-state index in [9.17, 15) is 0 Å². The summed E-state index contributed by atoms with van der Waals surface area (Å²) in [6.45, 7) is 0. The van der Waals surface area contributed by atoms with E-state index in [2.05, 4.69) is 15.3 Å². The number of imidazole rings is 1. The average Bonchev–Trinajstić information content (AvgIpc) is 3.18. The van der Waals surface area contributed by atoms with Crippen molar-refractivity contribution in [2.24, 2.45) is 0 Å². The number of anilines is 1. The molecule has 0 bridgehead atoms. The lowest BCUT2D eigenvalue weighted by Crippen LogP contribution is -2.05. The van der Waals surface area contributed by atoms with Crippen LogP contribution in [0.2, 0.25) is 10.0 Å². The van der Waals surface area contributed by atoms with Crippen molar-refractivity contribution in [1.29, 1.82) is 0 Å². The zero-order valence-electron chi connectivity index (χ0n) is 11.1. The van der Waals surface area contributed by atoms with Gasteiger partial charge in [0.15, 0.2) is 11.5 Å². The number of rotatable bonds is 3. The molecular formula is C15H12Cl2N4. The summed E-state index contributed by atoms with van der Waals surface area (Å²) in [6.07, 6.45) is 7.90. The van der Waals surface area contributed by atoms with Gasteiger partial charge >= 0.3 is 0 Å². The molecule has 1 fully saturated rings. The Kier molecular flexibility index (Phi) is 3.01. The Morgan fingerprint density at radius 2 is 2.00 bits per heavy atom. The first kappa shape index (κ1) is 12.9. The Hall–Kier alpha value is -1.78. The fraction of sp³-hybridized carbons (Fsp3) is 0.200. The largest absolute Gasteiger partial charge is 0.364 e. The minimum absolute atomic E-state index is 0.536. The molecular weight excluding hydrogens is 307 g/mol. The van der Waals surface area contributed by atoms with Gasteiger partial charge in [0.2, 0.25) is 0 Å². The molecule has 0 aliphatic heterocycles. The Morgan fingerprint density at radius 3 is 2.76 bits per heavy atom. The zero-order valence-corrected chi connectivity index (χ0v) is 12.6. The molecule has 2 heterocycles. The van der Waals surface area contributed by atoms with Crippen LogP contribution in [0.3, 0.4) is 0 Å². The van der Waals surface area contributed by atoms with Crippen molar-refractivity contribution < 1.29 is 0 Å². The fourth-order valence-electron chi connectivity index (χ4n) is 2.31. The summed E-state index contributed by atoms with van der Waals surface area (Å²) in [5.41, 5.74) is 2.76. The number of halogens is 2. The Balaban J connectivity index is 1.83. The molecule has 0 radical (unpaired) electrons. The van der Waals surface area contributed by atoms with Gasteiger partial charge < -0.3 is 5.32 Å². The van der Waals surface area contributed by atoms with Gasteiger partial charge in [-0.2, -0.15) is 0 Å². The molecule has 0 spiro atoms. The third-order valence-corrected chi connectivity index (χ3v) is 4.30. The van der Waals surface area contributed by atoms with E-state index in [1.165, 1.54) is 12.8 Å². The van der Waals surface area contributed by atoms with Gasteiger partial charge in [-0.15, -0.1) is 0 Å². The number of aromatic nitrogens is 3. The molecule has 0 amide bonds. The molecule has 1 aliphatic rings. The summed E-state index contributed by atoms with van der Waals surface area (Å²) >= 11 is 12.1. The van der Waals surface area contributed by atoms with Crippen molar-refractivity contribution in [3.05, 3.63) is 46.8 Å². The van der Waals surface area contributed by atoms with Crippen molar-refractivity contribution in [2.45, 2.75) is 18.9 Å². The number of nitrogens with zero attached hydrogens (tertiary/aromatic N) is 3. The second kappa shape index (κ2) is 4.90. The first-order valence-electron chi connectivity index (χ1n) is 6.76. The number of benzene rings is 1. The minimum Gasteiger partial charge on any atom is -0.364 e. The van der Waals surface area contributed by atoms with Gasteiger partial charge in [0, 0.05) is 24.0 Å². The highest BCUT2D eigenvalue weighted by atomic mass is 35.5. The second-order valence-electron chi connectivity index (χ2n) is 5.16. The maximum atomic E-state index is 6.10. The van der Waals surface area contributed by atoms with Crippen LogP contribution in [0.5, 0.6) is 0 Å². The summed E-state index contributed by atoms with van der Waals surface area (Å²) < 4.78 is 2.01. The topological polar surface area (TPSA) is 42.2 Å². The second-order valence-corrected chi connectivity index (χ2v) is 5.97. The molecule has 0 saturated heterocycles. The number of hydrogen-bond donors (Lipinski definition) is 1. The SMILES string of the molecule is Clc1ccc(-c2cnc3c(NC4CC4)nccn23)cc1Cl. The lowest BCUT2D eigenvalue weighted by molar-refractivity contribution is 1.07. The van der Waals surface area contributed by atoms with E-state index in [0.29, 0.717) is 16.1 Å². The maximum absolute atomic E-state index is 6.10. The van der Waals surface area contributed by atoms with Crippen LogP contribution in [-0.2, 0) is 0 Å². The molecule has 1 aliphatic carbocycles. The lowest BCUT2D eigenvalue weighted by Gasteiger charge is -2.07. The minimum atomic E-state index is 0.536. The average molecular weight is 319 g/mol. The third-order valence-electron chi connectivity index (χ3n) is 3.56. The van der Waals surface area contributed by atoms with E-state index in [0.717, 1.165) is 22.7 Å². The van der Waals surface area contributed by atoms with E-state index < -0.39 is 0 Å². The van der Waals surface area contributed by atoms with Crippen molar-refractivity contribution in [3.8, 4) is 11.3 Å². The summed E-state index contributed by atoms with van der Waals surface area (Å²) in [4.78, 5) is 8.87. The van der Waals surface area contributed by atoms with Crippen LogP contribution >= 0.6 is 23.2 Å². The Labute approximate surface area is 131 Å². The smallest absolute Gasteiger partial charge is 0.180 e. The van der Waals surface area contributed by atoms with Gasteiger partial charge in [-0.05, 0) is 25.0 Å². The Bertz CT molecular complexity index is 824. The normalized spacial score (nSPS) is 14.6. The van der Waals surface area contributed by atoms with E-state index in [1.807, 2.05) is 28.9 Å². The van der Waals surface area contributed by atoms with Crippen LogP contribution in [0.15, 0.2) is 36.8 Å². The van der Waals surface area contributed by atoms with Crippen LogP contribution in [-0.4, -0.2) is 20.4 Å². The molecule has 1 saturated carbocycles. The lowest BCUT2D eigenvalue weighted by atomic mass is 10.2. The molecule has 21 heavy (non-hydrogen) atoms. The highest BCUT2D eigenvalue weighted by Crippen LogP contribution is 2.31. The van der Waals surface area contributed by atoms with Crippen LogP contribution in [0, 0.1) is 0 Å². The molecule has 6 heteroatoms. The standard InChI is InChI=1S/C15H12Cl2N4/c16-11-4-1-9(7-12(11)17)13-8-19-15-14(20-10-2-3-10)18-5-6-21(13)15/h1,4-8,10H,2-3H2,(H,18,20). The molecule has 4 rings (SSSR count). The first-order valence-corrected chi connectivity index (χ1v) is 7.52. The summed E-state index contributed by atoms with van der Waals surface area (Å²) in [5.74, 6) is 0.825. The molecule has 3 aromatic rings. The fourth-order valence-corrected chi connectivity index (χ4v) is 2.61. The molecule has 1 aromatic carbocycles. The molecule has 2 aromatic heterocycles.